The Bertz CT molecular complexity index is 454. The number of nitrogens with one attached hydrogen (secondary N) is 1. The fourth-order valence-corrected chi connectivity index (χ4v) is 3.15. The van der Waals surface area contributed by atoms with Crippen LogP contribution in [0.15, 0.2) is 18.2 Å². The van der Waals surface area contributed by atoms with Gasteiger partial charge in [0.15, 0.2) is 6.54 Å². The van der Waals surface area contributed by atoms with Crippen LogP contribution in [-0.2, 0) is 4.79 Å². The van der Waals surface area contributed by atoms with Crippen LogP contribution in [0.3, 0.4) is 0 Å². The average Bonchev–Trinajstić information content (AvgIpc) is 2.59. The van der Waals surface area contributed by atoms with Crippen LogP contribution < -0.4 is 5.32 Å². The number of para-hydroxylation sites is 1. The van der Waals surface area contributed by atoms with Crippen LogP contribution >= 0.6 is 0 Å². The summed E-state index contributed by atoms with van der Waals surface area (Å²) in [5.41, 5.74) is 3.26. The van der Waals surface area contributed by atoms with Gasteiger partial charge in [-0.3, -0.25) is 4.79 Å². The summed E-state index contributed by atoms with van der Waals surface area (Å²) in [6, 6.07) is 6.12. The van der Waals surface area contributed by atoms with E-state index in [0.717, 1.165) is 34.4 Å². The molecule has 1 amide bonds. The maximum Gasteiger partial charge on any atom is 0.279 e. The Morgan fingerprint density at radius 1 is 1.10 bits per heavy atom. The highest BCUT2D eigenvalue weighted by Crippen LogP contribution is 2.20. The second kappa shape index (κ2) is 6.40. The highest BCUT2D eigenvalue weighted by molar-refractivity contribution is 5.93. The zero-order valence-electron chi connectivity index (χ0n) is 13.0. The molecule has 3 nitrogen and oxygen atoms in total. The average molecular weight is 275 g/mol. The fourth-order valence-electron chi connectivity index (χ4n) is 3.15. The smallest absolute Gasteiger partial charge is 0.279 e. The Hall–Kier alpha value is -1.35. The van der Waals surface area contributed by atoms with Crippen molar-refractivity contribution in [1.82, 2.24) is 0 Å². The first-order valence-electron chi connectivity index (χ1n) is 7.70. The van der Waals surface area contributed by atoms with Gasteiger partial charge in [-0.25, -0.2) is 0 Å². The maximum atomic E-state index is 12.4. The largest absolute Gasteiger partial charge is 0.321 e. The number of likely N-dealkylation sites (N-methyl/N-ethyl adjacent to an activating group) is 1. The summed E-state index contributed by atoms with van der Waals surface area (Å²) in [7, 11) is 2.22. The summed E-state index contributed by atoms with van der Waals surface area (Å²) in [4.78, 5) is 12.4. The minimum Gasteiger partial charge on any atom is -0.321 e. The lowest BCUT2D eigenvalue weighted by atomic mass is 10.1. The van der Waals surface area contributed by atoms with Crippen molar-refractivity contribution < 1.29 is 9.28 Å². The summed E-state index contributed by atoms with van der Waals surface area (Å²) in [6.07, 6.45) is 5.11. The minimum absolute atomic E-state index is 0.145. The molecule has 2 rings (SSSR count). The molecule has 110 valence electrons. The summed E-state index contributed by atoms with van der Waals surface area (Å²) < 4.78 is 0.886. The first-order valence-corrected chi connectivity index (χ1v) is 7.70. The molecule has 1 fully saturated rings. The standard InChI is InChI=1S/C17H26N2O/c1-14-9-8-10-15(2)17(14)18-16(20)13-19(3)11-6-4-5-7-12-19/h8-10H,4-7,11-13H2,1-3H3/p+1. The number of benzene rings is 1. The lowest BCUT2D eigenvalue weighted by molar-refractivity contribution is -0.901. The van der Waals surface area contributed by atoms with E-state index in [0.29, 0.717) is 6.54 Å². The summed E-state index contributed by atoms with van der Waals surface area (Å²) in [5, 5.41) is 3.12. The van der Waals surface area contributed by atoms with Gasteiger partial charge in [0.1, 0.15) is 0 Å². The Morgan fingerprint density at radius 3 is 2.20 bits per heavy atom. The molecule has 1 N–H and O–H groups in total. The molecule has 1 aliphatic rings. The number of quaternary nitrogens is 1. The highest BCUT2D eigenvalue weighted by atomic mass is 16.2. The van der Waals surface area contributed by atoms with Crippen molar-refractivity contribution in [2.75, 3.05) is 32.0 Å². The van der Waals surface area contributed by atoms with E-state index >= 15 is 0 Å². The Morgan fingerprint density at radius 2 is 1.65 bits per heavy atom. The molecule has 0 aliphatic carbocycles. The minimum atomic E-state index is 0.145. The van der Waals surface area contributed by atoms with Crippen LogP contribution in [-0.4, -0.2) is 37.1 Å². The number of hydrogen-bond acceptors (Lipinski definition) is 1. The number of amides is 1. The third-order valence-corrected chi connectivity index (χ3v) is 4.42. The van der Waals surface area contributed by atoms with E-state index in [-0.39, 0.29) is 5.91 Å². The molecule has 0 atom stereocenters. The number of hydrogen-bond donors (Lipinski definition) is 1. The molecule has 0 saturated carbocycles. The molecule has 1 aromatic rings. The number of rotatable bonds is 3. The van der Waals surface area contributed by atoms with Crippen molar-refractivity contribution in [3.05, 3.63) is 29.3 Å². The van der Waals surface area contributed by atoms with Crippen LogP contribution in [0.2, 0.25) is 0 Å². The molecule has 0 radical (unpaired) electrons. The van der Waals surface area contributed by atoms with Crippen molar-refractivity contribution in [3.8, 4) is 0 Å². The Labute approximate surface area is 122 Å². The van der Waals surface area contributed by atoms with Crippen molar-refractivity contribution in [1.29, 1.82) is 0 Å². The topological polar surface area (TPSA) is 29.1 Å². The van der Waals surface area contributed by atoms with Gasteiger partial charge in [0.2, 0.25) is 0 Å². The van der Waals surface area contributed by atoms with E-state index in [4.69, 9.17) is 0 Å². The van der Waals surface area contributed by atoms with Gasteiger partial charge in [0.05, 0.1) is 20.1 Å². The molecular weight excluding hydrogens is 248 g/mol. The lowest BCUT2D eigenvalue weighted by Gasteiger charge is -2.32. The van der Waals surface area contributed by atoms with Gasteiger partial charge < -0.3 is 9.80 Å². The number of anilines is 1. The van der Waals surface area contributed by atoms with Gasteiger partial charge in [0, 0.05) is 5.69 Å². The van der Waals surface area contributed by atoms with Crippen molar-refractivity contribution in [3.63, 3.8) is 0 Å². The van der Waals surface area contributed by atoms with Crippen molar-refractivity contribution >= 4 is 11.6 Å². The molecule has 1 saturated heterocycles. The lowest BCUT2D eigenvalue weighted by Crippen LogP contribution is -2.49. The third-order valence-electron chi connectivity index (χ3n) is 4.42. The normalized spacial score (nSPS) is 18.4. The monoisotopic (exact) mass is 275 g/mol. The van der Waals surface area contributed by atoms with E-state index in [1.54, 1.807) is 0 Å². The maximum absolute atomic E-state index is 12.4. The predicted molar refractivity (Wildman–Crippen MR) is 83.8 cm³/mol. The number of carbonyl (C=O) groups is 1. The SMILES string of the molecule is Cc1cccc(C)c1NC(=O)C[N+]1(C)CCCCCC1. The molecule has 1 aromatic carbocycles. The zero-order valence-corrected chi connectivity index (χ0v) is 13.0. The van der Waals surface area contributed by atoms with Gasteiger partial charge in [-0.1, -0.05) is 18.2 Å². The van der Waals surface area contributed by atoms with Crippen LogP contribution in [0.25, 0.3) is 0 Å². The number of carbonyl (C=O) groups excluding carboxylic acids is 1. The molecule has 3 heteroatoms. The molecule has 0 aromatic heterocycles. The number of likely N-dealkylation sites (tertiary alicyclic amines) is 1. The zero-order chi connectivity index (χ0) is 14.6. The molecular formula is C17H27N2O+. The molecule has 0 unspecified atom stereocenters. The quantitative estimate of drug-likeness (QED) is 0.843. The van der Waals surface area contributed by atoms with Crippen molar-refractivity contribution in [2.45, 2.75) is 39.5 Å². The molecule has 1 heterocycles. The van der Waals surface area contributed by atoms with Gasteiger partial charge in [-0.2, -0.15) is 0 Å². The van der Waals surface area contributed by atoms with Crippen LogP contribution in [0, 0.1) is 13.8 Å². The van der Waals surface area contributed by atoms with Gasteiger partial charge in [-0.15, -0.1) is 0 Å². The molecule has 0 spiro atoms. The van der Waals surface area contributed by atoms with Crippen LogP contribution in [0.4, 0.5) is 5.69 Å². The van der Waals surface area contributed by atoms with E-state index in [2.05, 4.69) is 12.4 Å². The molecule has 20 heavy (non-hydrogen) atoms. The Kier molecular flexibility index (Phi) is 4.81. The summed E-state index contributed by atoms with van der Waals surface area (Å²) in [5.74, 6) is 0.145. The second-order valence-electron chi connectivity index (χ2n) is 6.45. The van der Waals surface area contributed by atoms with Gasteiger partial charge in [0.25, 0.3) is 5.91 Å². The van der Waals surface area contributed by atoms with Crippen molar-refractivity contribution in [2.24, 2.45) is 0 Å². The van der Waals surface area contributed by atoms with Gasteiger partial charge >= 0.3 is 0 Å². The van der Waals surface area contributed by atoms with E-state index in [1.807, 2.05) is 32.0 Å². The number of nitrogens with zero attached hydrogens (tertiary/aromatic N) is 1. The summed E-state index contributed by atoms with van der Waals surface area (Å²) >= 11 is 0. The van der Waals surface area contributed by atoms with Crippen LogP contribution in [0.5, 0.6) is 0 Å². The Balaban J connectivity index is 2.01. The van der Waals surface area contributed by atoms with E-state index in [1.165, 1.54) is 25.7 Å². The fraction of sp³-hybridized carbons (Fsp3) is 0.588. The molecule has 1 aliphatic heterocycles. The first kappa shape index (κ1) is 15.0. The third kappa shape index (κ3) is 3.83. The van der Waals surface area contributed by atoms with Crippen LogP contribution in [0.1, 0.15) is 36.8 Å². The van der Waals surface area contributed by atoms with E-state index < -0.39 is 0 Å². The first-order chi connectivity index (χ1) is 9.50. The van der Waals surface area contributed by atoms with Gasteiger partial charge in [-0.05, 0) is 50.7 Å². The highest BCUT2D eigenvalue weighted by Gasteiger charge is 2.26. The predicted octanol–water partition coefficient (Wildman–Crippen LogP) is 3.26. The van der Waals surface area contributed by atoms with E-state index in [9.17, 15) is 4.79 Å². The summed E-state index contributed by atoms with van der Waals surface area (Å²) in [6.45, 7) is 6.93. The second-order valence-corrected chi connectivity index (χ2v) is 6.45. The number of aryl methyl sites for hydroxylation is 2. The molecule has 0 bridgehead atoms.